The summed E-state index contributed by atoms with van der Waals surface area (Å²) in [6.45, 7) is 4.12. The number of nitrogens with one attached hydrogen (secondary N) is 1. The van der Waals surface area contributed by atoms with E-state index in [1.807, 2.05) is 31.2 Å². The summed E-state index contributed by atoms with van der Waals surface area (Å²) in [5.74, 6) is 0.763. The van der Waals surface area contributed by atoms with Gasteiger partial charge in [-0.25, -0.2) is 5.43 Å². The quantitative estimate of drug-likeness (QED) is 0.741. The first-order chi connectivity index (χ1) is 15.0. The van der Waals surface area contributed by atoms with Crippen molar-refractivity contribution >= 4 is 17.3 Å². The monoisotopic (exact) mass is 418 g/mol. The standard InChI is InChI=1S/C24H26N4O3/c1-16-4-7-19(14-21(16)26-27-23(29)18-10-12-25-13-11-18)24(2)15-22(28-31-24)17-5-8-20(30-3)9-6-17/h4-6,8-13,19H,7,14-15H2,1-3H3,(H,27,29)/b26-21+/t19-,24-/m0/s1. The van der Waals surface area contributed by atoms with E-state index >= 15 is 0 Å². The number of oxime groups is 1. The van der Waals surface area contributed by atoms with Crippen molar-refractivity contribution < 1.29 is 14.4 Å². The van der Waals surface area contributed by atoms with E-state index in [0.717, 1.165) is 34.7 Å². The van der Waals surface area contributed by atoms with Gasteiger partial charge in [0, 0.05) is 30.3 Å². The van der Waals surface area contributed by atoms with Crippen LogP contribution in [0.2, 0.25) is 0 Å². The maximum Gasteiger partial charge on any atom is 0.271 e. The van der Waals surface area contributed by atoms with Gasteiger partial charge in [0.25, 0.3) is 5.91 Å². The first kappa shape index (κ1) is 20.8. The lowest BCUT2D eigenvalue weighted by atomic mass is 9.75. The zero-order valence-corrected chi connectivity index (χ0v) is 18.0. The van der Waals surface area contributed by atoms with E-state index in [1.165, 1.54) is 0 Å². The van der Waals surface area contributed by atoms with Crippen LogP contribution in [0.4, 0.5) is 0 Å². The summed E-state index contributed by atoms with van der Waals surface area (Å²) in [6.07, 6.45) is 7.64. The number of pyridine rings is 1. The van der Waals surface area contributed by atoms with Crippen molar-refractivity contribution in [2.24, 2.45) is 16.2 Å². The summed E-state index contributed by atoms with van der Waals surface area (Å²) in [7, 11) is 1.65. The molecule has 2 aliphatic rings. The molecule has 160 valence electrons. The minimum atomic E-state index is -0.428. The van der Waals surface area contributed by atoms with Crippen molar-refractivity contribution in [3.63, 3.8) is 0 Å². The van der Waals surface area contributed by atoms with Gasteiger partial charge >= 0.3 is 0 Å². The van der Waals surface area contributed by atoms with Crippen LogP contribution < -0.4 is 10.2 Å². The number of hydrogen-bond acceptors (Lipinski definition) is 6. The van der Waals surface area contributed by atoms with Gasteiger partial charge in [-0.2, -0.15) is 5.10 Å². The molecule has 0 spiro atoms. The molecule has 31 heavy (non-hydrogen) atoms. The fraction of sp³-hybridized carbons (Fsp3) is 0.333. The zero-order valence-electron chi connectivity index (χ0n) is 18.0. The molecule has 0 saturated heterocycles. The van der Waals surface area contributed by atoms with Crippen molar-refractivity contribution in [3.8, 4) is 5.75 Å². The van der Waals surface area contributed by atoms with Gasteiger partial charge in [0.2, 0.25) is 0 Å². The predicted octanol–water partition coefficient (Wildman–Crippen LogP) is 4.12. The molecule has 1 aliphatic carbocycles. The summed E-state index contributed by atoms with van der Waals surface area (Å²) in [5.41, 5.74) is 6.66. The lowest BCUT2D eigenvalue weighted by molar-refractivity contribution is -0.0470. The molecule has 0 bridgehead atoms. The minimum absolute atomic E-state index is 0.201. The Hall–Kier alpha value is -3.48. The molecule has 0 saturated carbocycles. The first-order valence-electron chi connectivity index (χ1n) is 10.3. The van der Waals surface area contributed by atoms with Crippen LogP contribution >= 0.6 is 0 Å². The molecular weight excluding hydrogens is 392 g/mol. The van der Waals surface area contributed by atoms with Gasteiger partial charge < -0.3 is 9.57 Å². The summed E-state index contributed by atoms with van der Waals surface area (Å²) in [4.78, 5) is 22.2. The summed E-state index contributed by atoms with van der Waals surface area (Å²) in [5, 5.41) is 8.80. The Kier molecular flexibility index (Phi) is 5.84. The Balaban J connectivity index is 1.43. The molecule has 0 radical (unpaired) electrons. The Morgan fingerprint density at radius 3 is 2.68 bits per heavy atom. The molecule has 7 nitrogen and oxygen atoms in total. The largest absolute Gasteiger partial charge is 0.497 e. The number of nitrogens with zero attached hydrogens (tertiary/aromatic N) is 3. The number of amides is 1. The van der Waals surface area contributed by atoms with Crippen LogP contribution in [0.1, 0.15) is 49.0 Å². The Morgan fingerprint density at radius 2 is 1.97 bits per heavy atom. The maximum absolute atomic E-state index is 12.3. The van der Waals surface area contributed by atoms with Crippen molar-refractivity contribution in [1.29, 1.82) is 0 Å². The van der Waals surface area contributed by atoms with E-state index in [1.54, 1.807) is 31.6 Å². The third-order valence-electron chi connectivity index (χ3n) is 6.01. The fourth-order valence-electron chi connectivity index (χ4n) is 3.91. The number of ether oxygens (including phenoxy) is 1. The van der Waals surface area contributed by atoms with E-state index in [9.17, 15) is 4.79 Å². The Morgan fingerprint density at radius 1 is 1.23 bits per heavy atom. The molecule has 4 rings (SSSR count). The number of rotatable bonds is 5. The van der Waals surface area contributed by atoms with Crippen molar-refractivity contribution in [2.75, 3.05) is 7.11 Å². The number of methoxy groups -OCH3 is 1. The molecule has 1 aromatic heterocycles. The van der Waals surface area contributed by atoms with E-state index in [0.29, 0.717) is 18.4 Å². The highest BCUT2D eigenvalue weighted by Gasteiger charge is 2.43. The molecule has 1 amide bonds. The summed E-state index contributed by atoms with van der Waals surface area (Å²) < 4.78 is 5.23. The number of carbonyl (C=O) groups excluding carboxylic acids is 1. The van der Waals surface area contributed by atoms with Gasteiger partial charge in [-0.15, -0.1) is 0 Å². The third kappa shape index (κ3) is 4.50. The van der Waals surface area contributed by atoms with Gasteiger partial charge in [-0.3, -0.25) is 9.78 Å². The van der Waals surface area contributed by atoms with Crippen LogP contribution in [0, 0.1) is 5.92 Å². The molecule has 1 aromatic carbocycles. The molecule has 1 N–H and O–H groups in total. The average Bonchev–Trinajstić information content (AvgIpc) is 3.22. The second kappa shape index (κ2) is 8.71. The average molecular weight is 418 g/mol. The molecule has 2 atom stereocenters. The summed E-state index contributed by atoms with van der Waals surface area (Å²) >= 11 is 0. The normalized spacial score (nSPS) is 24.2. The van der Waals surface area contributed by atoms with Crippen molar-refractivity contribution in [1.82, 2.24) is 10.4 Å². The molecule has 0 fully saturated rings. The molecule has 1 aliphatic heterocycles. The van der Waals surface area contributed by atoms with Gasteiger partial charge in [0.05, 0.1) is 18.5 Å². The fourth-order valence-corrected chi connectivity index (χ4v) is 3.91. The number of carbonyl (C=O) groups is 1. The van der Waals surface area contributed by atoms with Crippen LogP contribution in [-0.2, 0) is 4.84 Å². The third-order valence-corrected chi connectivity index (χ3v) is 6.01. The second-order valence-corrected chi connectivity index (χ2v) is 8.11. The van der Waals surface area contributed by atoms with Gasteiger partial charge in [0.1, 0.15) is 11.4 Å². The maximum atomic E-state index is 12.3. The van der Waals surface area contributed by atoms with E-state index < -0.39 is 5.60 Å². The predicted molar refractivity (Wildman–Crippen MR) is 119 cm³/mol. The second-order valence-electron chi connectivity index (χ2n) is 8.11. The van der Waals surface area contributed by atoms with Crippen LogP contribution in [-0.4, -0.2) is 35.0 Å². The first-order valence-corrected chi connectivity index (χ1v) is 10.3. The number of hydrazone groups is 1. The van der Waals surface area contributed by atoms with Crippen molar-refractivity contribution in [3.05, 3.63) is 71.6 Å². The lowest BCUT2D eigenvalue weighted by Gasteiger charge is -2.34. The number of aromatic nitrogens is 1. The van der Waals surface area contributed by atoms with Crippen molar-refractivity contribution in [2.45, 2.75) is 38.7 Å². The molecule has 0 unspecified atom stereocenters. The SMILES string of the molecule is COc1ccc(C2=NO[C@](C)([C@H]3CC=C(C)/C(=N/NC(=O)c4ccncc4)C3)C2)cc1. The Labute approximate surface area is 181 Å². The molecule has 7 heteroatoms. The zero-order chi connectivity index (χ0) is 21.8. The van der Waals surface area contributed by atoms with Gasteiger partial charge in [0.15, 0.2) is 0 Å². The number of allylic oxidation sites excluding steroid dienone is 2. The van der Waals surface area contributed by atoms with E-state index in [-0.39, 0.29) is 11.8 Å². The van der Waals surface area contributed by atoms with Crippen LogP contribution in [0.25, 0.3) is 0 Å². The topological polar surface area (TPSA) is 85.2 Å². The molecule has 2 aromatic rings. The highest BCUT2D eigenvalue weighted by Crippen LogP contribution is 2.40. The smallest absolute Gasteiger partial charge is 0.271 e. The van der Waals surface area contributed by atoms with Gasteiger partial charge in [-0.1, -0.05) is 11.2 Å². The van der Waals surface area contributed by atoms with Crippen LogP contribution in [0.5, 0.6) is 5.75 Å². The van der Waals surface area contributed by atoms with E-state index in [4.69, 9.17) is 9.57 Å². The van der Waals surface area contributed by atoms with E-state index in [2.05, 4.69) is 33.7 Å². The lowest BCUT2D eigenvalue weighted by Crippen LogP contribution is -2.38. The number of hydrogen-bond donors (Lipinski definition) is 1. The molecule has 2 heterocycles. The number of benzene rings is 1. The minimum Gasteiger partial charge on any atom is -0.497 e. The molecular formula is C24H26N4O3. The van der Waals surface area contributed by atoms with Gasteiger partial charge in [-0.05, 0) is 74.2 Å². The van der Waals surface area contributed by atoms with Crippen LogP contribution in [0.3, 0.4) is 0 Å². The van der Waals surface area contributed by atoms with Crippen LogP contribution in [0.15, 0.2) is 70.7 Å². The highest BCUT2D eigenvalue weighted by molar-refractivity contribution is 6.03. The Bertz CT molecular complexity index is 1040. The highest BCUT2D eigenvalue weighted by atomic mass is 16.7. The summed E-state index contributed by atoms with van der Waals surface area (Å²) in [6, 6.07) is 11.2.